The molecule has 0 unspecified atom stereocenters. The van der Waals surface area contributed by atoms with Crippen LogP contribution in [0.1, 0.15) is 17.0 Å². The summed E-state index contributed by atoms with van der Waals surface area (Å²) in [6.45, 7) is 4.63. The molecule has 0 saturated heterocycles. The van der Waals surface area contributed by atoms with Crippen molar-refractivity contribution >= 4 is 0 Å². The summed E-state index contributed by atoms with van der Waals surface area (Å²) < 4.78 is 11.4. The Hall–Kier alpha value is -2.62. The molecule has 0 aliphatic rings. The molecule has 0 N–H and O–H groups in total. The first-order valence-electron chi connectivity index (χ1n) is 7.29. The van der Waals surface area contributed by atoms with Gasteiger partial charge in [0.25, 0.3) is 0 Å². The van der Waals surface area contributed by atoms with Gasteiger partial charge in [0, 0.05) is 5.56 Å². The third-order valence-electron chi connectivity index (χ3n) is 3.27. The molecule has 0 atom stereocenters. The van der Waals surface area contributed by atoms with Crippen molar-refractivity contribution in [2.75, 3.05) is 6.61 Å². The van der Waals surface area contributed by atoms with Gasteiger partial charge in [0.1, 0.15) is 5.75 Å². The van der Waals surface area contributed by atoms with Crippen LogP contribution in [0.5, 0.6) is 5.75 Å². The van der Waals surface area contributed by atoms with Crippen LogP contribution in [0.2, 0.25) is 0 Å². The van der Waals surface area contributed by atoms with Crippen molar-refractivity contribution in [2.45, 2.75) is 20.3 Å². The Labute approximate surface area is 129 Å². The van der Waals surface area contributed by atoms with Crippen LogP contribution in [-0.4, -0.2) is 16.8 Å². The fourth-order valence-corrected chi connectivity index (χ4v) is 2.32. The number of rotatable bonds is 5. The first-order chi connectivity index (χ1) is 10.7. The fraction of sp³-hybridized carbons (Fsp3) is 0.222. The minimum absolute atomic E-state index is 0.513. The second kappa shape index (κ2) is 6.43. The maximum absolute atomic E-state index is 5.76. The Balaban J connectivity index is 1.59. The summed E-state index contributed by atoms with van der Waals surface area (Å²) in [6, 6.07) is 15.9. The van der Waals surface area contributed by atoms with E-state index >= 15 is 0 Å². The molecule has 3 aromatic rings. The van der Waals surface area contributed by atoms with Crippen LogP contribution < -0.4 is 4.74 Å². The molecule has 0 saturated carbocycles. The lowest BCUT2D eigenvalue weighted by molar-refractivity contribution is 0.306. The van der Waals surface area contributed by atoms with E-state index in [4.69, 9.17) is 9.15 Å². The fourth-order valence-electron chi connectivity index (χ4n) is 2.32. The highest BCUT2D eigenvalue weighted by Crippen LogP contribution is 2.18. The van der Waals surface area contributed by atoms with Crippen molar-refractivity contribution in [1.82, 2.24) is 10.2 Å². The summed E-state index contributed by atoms with van der Waals surface area (Å²) >= 11 is 0. The quantitative estimate of drug-likeness (QED) is 0.714. The van der Waals surface area contributed by atoms with Gasteiger partial charge < -0.3 is 9.15 Å². The highest BCUT2D eigenvalue weighted by Gasteiger charge is 2.08. The minimum Gasteiger partial charge on any atom is -0.493 e. The molecule has 1 aromatic heterocycles. The molecule has 0 aliphatic heterocycles. The monoisotopic (exact) mass is 294 g/mol. The van der Waals surface area contributed by atoms with Crippen LogP contribution in [0.4, 0.5) is 0 Å². The zero-order valence-corrected chi connectivity index (χ0v) is 12.7. The van der Waals surface area contributed by atoms with Gasteiger partial charge in [0.15, 0.2) is 0 Å². The Morgan fingerprint density at radius 2 is 1.68 bits per heavy atom. The standard InChI is InChI=1S/C18H18N2O2/c1-13-10-14(2)12-16(11-13)21-9-8-17-19-20-18(22-17)15-6-4-3-5-7-15/h3-7,10-12H,8-9H2,1-2H3. The van der Waals surface area contributed by atoms with E-state index in [-0.39, 0.29) is 0 Å². The summed E-state index contributed by atoms with van der Waals surface area (Å²) in [5.41, 5.74) is 3.31. The van der Waals surface area contributed by atoms with Crippen LogP contribution in [0, 0.1) is 13.8 Å². The third kappa shape index (κ3) is 3.52. The molecule has 1 heterocycles. The predicted molar refractivity (Wildman–Crippen MR) is 84.8 cm³/mol. The molecular formula is C18H18N2O2. The molecule has 2 aromatic carbocycles. The van der Waals surface area contributed by atoms with Gasteiger partial charge >= 0.3 is 0 Å². The number of hydrogen-bond acceptors (Lipinski definition) is 4. The van der Waals surface area contributed by atoms with Gasteiger partial charge in [-0.2, -0.15) is 0 Å². The van der Waals surface area contributed by atoms with Crippen molar-refractivity contribution in [2.24, 2.45) is 0 Å². The number of hydrogen-bond donors (Lipinski definition) is 0. The molecule has 3 rings (SSSR count). The molecule has 0 bridgehead atoms. The van der Waals surface area contributed by atoms with Gasteiger partial charge in [0.05, 0.1) is 13.0 Å². The van der Waals surface area contributed by atoms with Crippen molar-refractivity contribution in [1.29, 1.82) is 0 Å². The van der Waals surface area contributed by atoms with Crippen molar-refractivity contribution in [3.05, 3.63) is 65.5 Å². The molecule has 4 nitrogen and oxygen atoms in total. The van der Waals surface area contributed by atoms with E-state index in [1.807, 2.05) is 42.5 Å². The van der Waals surface area contributed by atoms with Gasteiger partial charge in [-0.15, -0.1) is 10.2 Å². The zero-order chi connectivity index (χ0) is 15.4. The second-order valence-corrected chi connectivity index (χ2v) is 5.29. The number of nitrogens with zero attached hydrogens (tertiary/aromatic N) is 2. The number of aryl methyl sites for hydroxylation is 2. The summed E-state index contributed by atoms with van der Waals surface area (Å²) in [5, 5.41) is 8.13. The van der Waals surface area contributed by atoms with E-state index in [2.05, 4.69) is 30.1 Å². The lowest BCUT2D eigenvalue weighted by Crippen LogP contribution is -2.02. The van der Waals surface area contributed by atoms with Crippen LogP contribution >= 0.6 is 0 Å². The van der Waals surface area contributed by atoms with E-state index in [1.54, 1.807) is 0 Å². The molecule has 0 amide bonds. The SMILES string of the molecule is Cc1cc(C)cc(OCCc2nnc(-c3ccccc3)o2)c1. The number of benzene rings is 2. The summed E-state index contributed by atoms with van der Waals surface area (Å²) in [4.78, 5) is 0. The van der Waals surface area contributed by atoms with Crippen LogP contribution in [-0.2, 0) is 6.42 Å². The van der Waals surface area contributed by atoms with E-state index < -0.39 is 0 Å². The Bertz CT molecular complexity index is 731. The van der Waals surface area contributed by atoms with Gasteiger partial charge in [0.2, 0.25) is 11.8 Å². The van der Waals surface area contributed by atoms with Crippen molar-refractivity contribution in [3.8, 4) is 17.2 Å². The summed E-state index contributed by atoms with van der Waals surface area (Å²) in [6.07, 6.45) is 0.590. The van der Waals surface area contributed by atoms with Gasteiger partial charge in [-0.25, -0.2) is 0 Å². The van der Waals surface area contributed by atoms with E-state index in [9.17, 15) is 0 Å². The molecule has 0 spiro atoms. The summed E-state index contributed by atoms with van der Waals surface area (Å²) in [5.74, 6) is 2.01. The zero-order valence-electron chi connectivity index (χ0n) is 12.7. The second-order valence-electron chi connectivity index (χ2n) is 5.29. The lowest BCUT2D eigenvalue weighted by Gasteiger charge is -2.06. The molecule has 0 radical (unpaired) electrons. The minimum atomic E-state index is 0.513. The van der Waals surface area contributed by atoms with E-state index in [0.717, 1.165) is 11.3 Å². The average molecular weight is 294 g/mol. The maximum atomic E-state index is 5.76. The molecule has 0 fully saturated rings. The Morgan fingerprint density at radius 3 is 2.41 bits per heavy atom. The normalized spacial score (nSPS) is 10.6. The van der Waals surface area contributed by atoms with E-state index in [0.29, 0.717) is 24.8 Å². The largest absolute Gasteiger partial charge is 0.493 e. The molecule has 0 aliphatic carbocycles. The maximum Gasteiger partial charge on any atom is 0.247 e. The van der Waals surface area contributed by atoms with Gasteiger partial charge in [-0.05, 0) is 49.2 Å². The highest BCUT2D eigenvalue weighted by atomic mass is 16.5. The lowest BCUT2D eigenvalue weighted by atomic mass is 10.1. The Kier molecular flexibility index (Phi) is 4.19. The third-order valence-corrected chi connectivity index (χ3v) is 3.27. The number of ether oxygens (including phenoxy) is 1. The first kappa shape index (κ1) is 14.3. The van der Waals surface area contributed by atoms with Crippen LogP contribution in [0.15, 0.2) is 52.9 Å². The topological polar surface area (TPSA) is 48.2 Å². The van der Waals surface area contributed by atoms with Gasteiger partial charge in [-0.1, -0.05) is 24.3 Å². The first-order valence-corrected chi connectivity index (χ1v) is 7.29. The predicted octanol–water partition coefficient (Wildman–Crippen LogP) is 3.97. The summed E-state index contributed by atoms with van der Waals surface area (Å²) in [7, 11) is 0. The molecule has 4 heteroatoms. The van der Waals surface area contributed by atoms with Crippen LogP contribution in [0.3, 0.4) is 0 Å². The molecule has 22 heavy (non-hydrogen) atoms. The van der Waals surface area contributed by atoms with Crippen LogP contribution in [0.25, 0.3) is 11.5 Å². The van der Waals surface area contributed by atoms with Crippen molar-refractivity contribution in [3.63, 3.8) is 0 Å². The smallest absolute Gasteiger partial charge is 0.247 e. The molecular weight excluding hydrogens is 276 g/mol. The Morgan fingerprint density at radius 1 is 0.955 bits per heavy atom. The van der Waals surface area contributed by atoms with Gasteiger partial charge in [-0.3, -0.25) is 0 Å². The van der Waals surface area contributed by atoms with Crippen molar-refractivity contribution < 1.29 is 9.15 Å². The van der Waals surface area contributed by atoms with E-state index in [1.165, 1.54) is 11.1 Å². The highest BCUT2D eigenvalue weighted by molar-refractivity contribution is 5.51. The average Bonchev–Trinajstić information content (AvgIpc) is 2.96. The molecule has 112 valence electrons. The number of aromatic nitrogens is 2.